The van der Waals surface area contributed by atoms with Crippen molar-refractivity contribution in [3.63, 3.8) is 0 Å². The van der Waals surface area contributed by atoms with Gasteiger partial charge in [0.25, 0.3) is 0 Å². The molecule has 158 valence electrons. The fourth-order valence-corrected chi connectivity index (χ4v) is 4.64. The number of allylic oxidation sites excluding steroid dienone is 1. The molecular formula is C24H34O4Si. The summed E-state index contributed by atoms with van der Waals surface area (Å²) in [7, 11) is -1.90. The molecule has 1 unspecified atom stereocenters. The van der Waals surface area contributed by atoms with Gasteiger partial charge in [0.05, 0.1) is 6.61 Å². The third-order valence-corrected chi connectivity index (χ3v) is 10.7. The van der Waals surface area contributed by atoms with E-state index in [2.05, 4.69) is 39.9 Å². The third kappa shape index (κ3) is 4.45. The zero-order valence-electron chi connectivity index (χ0n) is 18.8. The molecule has 29 heavy (non-hydrogen) atoms. The molecule has 3 rings (SSSR count). The van der Waals surface area contributed by atoms with Gasteiger partial charge in [-0.25, -0.2) is 4.79 Å². The normalized spacial score (nSPS) is 17.9. The maximum absolute atomic E-state index is 12.0. The number of fused-ring (bicyclic) bond motifs is 3. The molecule has 2 aromatic rings. The molecule has 0 radical (unpaired) electrons. The Bertz CT molecular complexity index is 930. The van der Waals surface area contributed by atoms with Crippen molar-refractivity contribution in [2.24, 2.45) is 0 Å². The molecule has 1 aliphatic carbocycles. The second-order valence-electron chi connectivity index (χ2n) is 9.53. The van der Waals surface area contributed by atoms with E-state index in [0.29, 0.717) is 12.2 Å². The van der Waals surface area contributed by atoms with Crippen LogP contribution in [0.25, 0.3) is 11.0 Å². The first-order chi connectivity index (χ1) is 13.5. The van der Waals surface area contributed by atoms with E-state index in [1.807, 2.05) is 32.1 Å². The van der Waals surface area contributed by atoms with E-state index in [-0.39, 0.29) is 16.9 Å². The van der Waals surface area contributed by atoms with Crippen LogP contribution in [0.15, 0.2) is 34.3 Å². The van der Waals surface area contributed by atoms with Gasteiger partial charge in [-0.1, -0.05) is 26.8 Å². The van der Waals surface area contributed by atoms with Crippen LogP contribution in [0, 0.1) is 0 Å². The highest BCUT2D eigenvalue weighted by Gasteiger charge is 2.39. The summed E-state index contributed by atoms with van der Waals surface area (Å²) in [5, 5.41) is 1.29. The van der Waals surface area contributed by atoms with Crippen molar-refractivity contribution in [2.75, 3.05) is 6.61 Å². The van der Waals surface area contributed by atoms with Crippen LogP contribution < -0.4 is 4.43 Å². The number of benzene rings is 1. The van der Waals surface area contributed by atoms with Gasteiger partial charge in [-0.2, -0.15) is 0 Å². The Kier molecular flexibility index (Phi) is 6.00. The number of hydrogen-bond acceptors (Lipinski definition) is 4. The molecule has 4 nitrogen and oxygen atoms in total. The summed E-state index contributed by atoms with van der Waals surface area (Å²) in [6.45, 7) is 15.3. The van der Waals surface area contributed by atoms with Gasteiger partial charge in [-0.05, 0) is 69.4 Å². The Morgan fingerprint density at radius 1 is 1.31 bits per heavy atom. The van der Waals surface area contributed by atoms with Crippen LogP contribution in [0.1, 0.15) is 64.7 Å². The summed E-state index contributed by atoms with van der Waals surface area (Å²) in [6.07, 6.45) is 5.06. The summed E-state index contributed by atoms with van der Waals surface area (Å²) in [5.74, 6) is 1.77. The highest BCUT2D eigenvalue weighted by molar-refractivity contribution is 6.74. The molecule has 0 aliphatic heterocycles. The Balaban J connectivity index is 1.95. The Labute approximate surface area is 175 Å². The van der Waals surface area contributed by atoms with Crippen molar-refractivity contribution >= 4 is 25.3 Å². The van der Waals surface area contributed by atoms with Crippen LogP contribution in [0.4, 0.5) is 0 Å². The Hall–Kier alpha value is -2.01. The number of rotatable bonds is 5. The SMILES string of the molecule is CCOC(=O)/C(C)=C/C1CCCc2c1oc1ccc(O[Si](C)(C)C(C)(C)C)cc21. The monoisotopic (exact) mass is 414 g/mol. The van der Waals surface area contributed by atoms with Crippen molar-refractivity contribution in [1.82, 2.24) is 0 Å². The van der Waals surface area contributed by atoms with Crippen LogP contribution in [0.3, 0.4) is 0 Å². The molecule has 0 amide bonds. The van der Waals surface area contributed by atoms with Crippen LogP contribution in [-0.2, 0) is 16.0 Å². The highest BCUT2D eigenvalue weighted by Crippen LogP contribution is 2.42. The second-order valence-corrected chi connectivity index (χ2v) is 14.3. The minimum Gasteiger partial charge on any atom is -0.543 e. The number of furan rings is 1. The van der Waals surface area contributed by atoms with Gasteiger partial charge < -0.3 is 13.6 Å². The smallest absolute Gasteiger partial charge is 0.333 e. The van der Waals surface area contributed by atoms with Crippen LogP contribution in [0.2, 0.25) is 18.1 Å². The zero-order chi connectivity index (χ0) is 21.4. The lowest BCUT2D eigenvalue weighted by molar-refractivity contribution is -0.138. The molecule has 0 N–H and O–H groups in total. The third-order valence-electron chi connectivity index (χ3n) is 6.30. The first kappa shape index (κ1) is 21.7. The zero-order valence-corrected chi connectivity index (χ0v) is 19.8. The lowest BCUT2D eigenvalue weighted by Gasteiger charge is -2.36. The molecular weight excluding hydrogens is 380 g/mol. The fraction of sp³-hybridized carbons (Fsp3) is 0.542. The maximum Gasteiger partial charge on any atom is 0.333 e. The van der Waals surface area contributed by atoms with E-state index < -0.39 is 8.32 Å². The standard InChI is InChI=1S/C24H34O4Si/c1-8-26-23(25)16(2)14-17-10-9-11-19-20-15-18(12-13-21(20)27-22(17)19)28-29(6,7)24(3,4)5/h12-15,17H,8-11H2,1-7H3/b16-14+. The van der Waals surface area contributed by atoms with E-state index in [9.17, 15) is 4.79 Å². The van der Waals surface area contributed by atoms with Crippen molar-refractivity contribution < 1.29 is 18.4 Å². The molecule has 0 saturated carbocycles. The Morgan fingerprint density at radius 2 is 2.03 bits per heavy atom. The van der Waals surface area contributed by atoms with Crippen LogP contribution in [-0.4, -0.2) is 20.9 Å². The maximum atomic E-state index is 12.0. The van der Waals surface area contributed by atoms with Gasteiger partial charge in [0.1, 0.15) is 17.1 Å². The lowest BCUT2D eigenvalue weighted by atomic mass is 9.86. The summed E-state index contributed by atoms with van der Waals surface area (Å²) >= 11 is 0. The number of ether oxygens (including phenoxy) is 1. The molecule has 0 saturated heterocycles. The Morgan fingerprint density at radius 3 is 2.69 bits per heavy atom. The second kappa shape index (κ2) is 8.02. The van der Waals surface area contributed by atoms with Gasteiger partial charge in [0, 0.05) is 22.4 Å². The molecule has 1 heterocycles. The molecule has 0 bridgehead atoms. The van der Waals surface area contributed by atoms with Crippen molar-refractivity contribution in [2.45, 2.75) is 77.9 Å². The van der Waals surface area contributed by atoms with Crippen LogP contribution in [0.5, 0.6) is 5.75 Å². The molecule has 1 aromatic carbocycles. The molecule has 1 aliphatic rings. The van der Waals surface area contributed by atoms with E-state index in [1.54, 1.807) is 0 Å². The molecule has 0 spiro atoms. The number of carbonyl (C=O) groups is 1. The van der Waals surface area contributed by atoms with Gasteiger partial charge in [0.15, 0.2) is 0 Å². The van der Waals surface area contributed by atoms with Crippen molar-refractivity contribution in [3.8, 4) is 5.75 Å². The first-order valence-electron chi connectivity index (χ1n) is 10.6. The number of carbonyl (C=O) groups excluding carboxylic acids is 1. The van der Waals surface area contributed by atoms with Gasteiger partial charge in [0.2, 0.25) is 8.32 Å². The van der Waals surface area contributed by atoms with E-state index in [4.69, 9.17) is 13.6 Å². The average Bonchev–Trinajstić information content (AvgIpc) is 3.00. The van der Waals surface area contributed by atoms with E-state index in [1.165, 1.54) is 5.56 Å². The molecule has 0 fully saturated rings. The number of esters is 1. The van der Waals surface area contributed by atoms with Gasteiger partial charge in [-0.3, -0.25) is 0 Å². The predicted octanol–water partition coefficient (Wildman–Crippen LogP) is 6.75. The van der Waals surface area contributed by atoms with Gasteiger partial charge >= 0.3 is 5.97 Å². The average molecular weight is 415 g/mol. The van der Waals surface area contributed by atoms with Crippen molar-refractivity contribution in [1.29, 1.82) is 0 Å². The first-order valence-corrected chi connectivity index (χ1v) is 13.5. The molecule has 5 heteroatoms. The molecule has 1 aromatic heterocycles. The van der Waals surface area contributed by atoms with E-state index in [0.717, 1.165) is 41.7 Å². The summed E-state index contributed by atoms with van der Waals surface area (Å²) < 4.78 is 17.9. The summed E-state index contributed by atoms with van der Waals surface area (Å²) in [4.78, 5) is 12.0. The van der Waals surface area contributed by atoms with Crippen molar-refractivity contribution in [3.05, 3.63) is 41.2 Å². The van der Waals surface area contributed by atoms with Gasteiger partial charge in [-0.15, -0.1) is 0 Å². The van der Waals surface area contributed by atoms with E-state index >= 15 is 0 Å². The topological polar surface area (TPSA) is 48.7 Å². The molecule has 1 atom stereocenters. The summed E-state index contributed by atoms with van der Waals surface area (Å²) in [5.41, 5.74) is 2.80. The largest absolute Gasteiger partial charge is 0.543 e. The van der Waals surface area contributed by atoms with Crippen LogP contribution >= 0.6 is 0 Å². The number of aryl methyl sites for hydroxylation is 1. The number of hydrogen-bond donors (Lipinski definition) is 0. The lowest BCUT2D eigenvalue weighted by Crippen LogP contribution is -2.43. The fourth-order valence-electron chi connectivity index (χ4n) is 3.62. The minimum atomic E-state index is -1.90. The quantitative estimate of drug-likeness (QED) is 0.308. The summed E-state index contributed by atoms with van der Waals surface area (Å²) in [6, 6.07) is 6.18. The minimum absolute atomic E-state index is 0.111. The highest BCUT2D eigenvalue weighted by atomic mass is 28.4. The predicted molar refractivity (Wildman–Crippen MR) is 120 cm³/mol.